The molecule has 4 nitrogen and oxygen atoms in total. The molecule has 0 saturated heterocycles. The van der Waals surface area contributed by atoms with Crippen molar-refractivity contribution in [3.05, 3.63) is 16.1 Å². The molecule has 0 aliphatic rings. The van der Waals surface area contributed by atoms with Crippen LogP contribution in [0.15, 0.2) is 5.38 Å². The number of rotatable bonds is 3. The molecule has 0 saturated carbocycles. The van der Waals surface area contributed by atoms with Gasteiger partial charge >= 0.3 is 6.18 Å². The highest BCUT2D eigenvalue weighted by molar-refractivity contribution is 7.09. The van der Waals surface area contributed by atoms with Crippen molar-refractivity contribution in [2.45, 2.75) is 25.7 Å². The van der Waals surface area contributed by atoms with E-state index >= 15 is 0 Å². The molecular formula is C8H11ClF3N3OS. The van der Waals surface area contributed by atoms with Gasteiger partial charge in [0.05, 0.1) is 12.6 Å². The van der Waals surface area contributed by atoms with Gasteiger partial charge in [0.25, 0.3) is 0 Å². The highest BCUT2D eigenvalue weighted by atomic mass is 35.5. The number of thiazole rings is 1. The Morgan fingerprint density at radius 1 is 1.65 bits per heavy atom. The van der Waals surface area contributed by atoms with Crippen molar-refractivity contribution < 1.29 is 18.0 Å². The van der Waals surface area contributed by atoms with Gasteiger partial charge < -0.3 is 11.1 Å². The van der Waals surface area contributed by atoms with E-state index in [0.29, 0.717) is 0 Å². The van der Waals surface area contributed by atoms with E-state index in [4.69, 9.17) is 5.73 Å². The summed E-state index contributed by atoms with van der Waals surface area (Å²) in [6.07, 6.45) is -4.44. The number of halogens is 4. The zero-order valence-corrected chi connectivity index (χ0v) is 10.4. The fraction of sp³-hybridized carbons (Fsp3) is 0.500. The summed E-state index contributed by atoms with van der Waals surface area (Å²) in [4.78, 5) is 14.4. The molecule has 1 heterocycles. The average Bonchev–Trinajstić information content (AvgIpc) is 2.61. The highest BCUT2D eigenvalue weighted by Gasteiger charge is 2.33. The third kappa shape index (κ3) is 4.88. The number of carbonyl (C=O) groups excluding carboxylic acids is 1. The molecule has 1 amide bonds. The number of aromatic nitrogens is 1. The van der Waals surface area contributed by atoms with Gasteiger partial charge in [0.15, 0.2) is 5.69 Å². The van der Waals surface area contributed by atoms with Crippen molar-refractivity contribution in [1.29, 1.82) is 0 Å². The molecular weight excluding hydrogens is 279 g/mol. The topological polar surface area (TPSA) is 68.0 Å². The van der Waals surface area contributed by atoms with E-state index in [0.717, 1.165) is 16.7 Å². The first-order valence-electron chi connectivity index (χ1n) is 4.35. The maximum Gasteiger partial charge on any atom is 0.434 e. The number of nitrogens with zero attached hydrogens (tertiary/aromatic N) is 1. The summed E-state index contributed by atoms with van der Waals surface area (Å²) in [7, 11) is 0. The van der Waals surface area contributed by atoms with Gasteiger partial charge in [-0.3, -0.25) is 4.79 Å². The zero-order valence-electron chi connectivity index (χ0n) is 8.75. The van der Waals surface area contributed by atoms with Crippen LogP contribution in [0.1, 0.15) is 17.6 Å². The summed E-state index contributed by atoms with van der Waals surface area (Å²) in [6, 6.07) is -0.693. The molecule has 1 aromatic heterocycles. The third-order valence-corrected chi connectivity index (χ3v) is 2.52. The molecule has 98 valence electrons. The molecule has 0 aliphatic heterocycles. The summed E-state index contributed by atoms with van der Waals surface area (Å²) in [5.74, 6) is -0.427. The molecule has 1 atom stereocenters. The van der Waals surface area contributed by atoms with E-state index in [2.05, 4.69) is 10.3 Å². The predicted molar refractivity (Wildman–Crippen MR) is 59.9 cm³/mol. The summed E-state index contributed by atoms with van der Waals surface area (Å²) in [6.45, 7) is 1.44. The maximum absolute atomic E-state index is 12.2. The van der Waals surface area contributed by atoms with Crippen molar-refractivity contribution >= 4 is 29.7 Å². The minimum Gasteiger partial charge on any atom is -0.348 e. The van der Waals surface area contributed by atoms with Crippen molar-refractivity contribution in [3.63, 3.8) is 0 Å². The fourth-order valence-electron chi connectivity index (χ4n) is 0.846. The van der Waals surface area contributed by atoms with Crippen molar-refractivity contribution in [1.82, 2.24) is 10.3 Å². The van der Waals surface area contributed by atoms with Crippen LogP contribution < -0.4 is 11.1 Å². The Morgan fingerprint density at radius 2 is 2.24 bits per heavy atom. The van der Waals surface area contributed by atoms with Gasteiger partial charge in [-0.05, 0) is 6.92 Å². The van der Waals surface area contributed by atoms with Crippen LogP contribution in [0.5, 0.6) is 0 Å². The zero-order chi connectivity index (χ0) is 12.3. The summed E-state index contributed by atoms with van der Waals surface area (Å²) >= 11 is 0.843. The number of hydrogen-bond acceptors (Lipinski definition) is 4. The molecule has 3 N–H and O–H groups in total. The lowest BCUT2D eigenvalue weighted by Gasteiger charge is -2.05. The van der Waals surface area contributed by atoms with Gasteiger partial charge in [0, 0.05) is 5.38 Å². The Morgan fingerprint density at radius 3 is 2.65 bits per heavy atom. The number of alkyl halides is 3. The van der Waals surface area contributed by atoms with Crippen molar-refractivity contribution in [3.8, 4) is 0 Å². The van der Waals surface area contributed by atoms with Crippen LogP contribution >= 0.6 is 23.7 Å². The van der Waals surface area contributed by atoms with Gasteiger partial charge in [0.1, 0.15) is 5.01 Å². The number of amides is 1. The Labute approximate surface area is 106 Å². The highest BCUT2D eigenvalue weighted by Crippen LogP contribution is 2.29. The molecule has 1 aromatic rings. The number of carbonyl (C=O) groups is 1. The van der Waals surface area contributed by atoms with Gasteiger partial charge in [-0.15, -0.1) is 23.7 Å². The van der Waals surface area contributed by atoms with E-state index in [1.807, 2.05) is 0 Å². The molecule has 0 fully saturated rings. The van der Waals surface area contributed by atoms with Crippen LogP contribution in [0.2, 0.25) is 0 Å². The van der Waals surface area contributed by atoms with Crippen LogP contribution in [-0.2, 0) is 17.5 Å². The van der Waals surface area contributed by atoms with Crippen LogP contribution in [-0.4, -0.2) is 16.9 Å². The lowest BCUT2D eigenvalue weighted by Crippen LogP contribution is -2.37. The normalized spacial score (nSPS) is 12.8. The van der Waals surface area contributed by atoms with E-state index in [-0.39, 0.29) is 24.0 Å². The van der Waals surface area contributed by atoms with Crippen LogP contribution in [0, 0.1) is 0 Å². The Balaban J connectivity index is 0.00000256. The third-order valence-electron chi connectivity index (χ3n) is 1.67. The smallest absolute Gasteiger partial charge is 0.348 e. The van der Waals surface area contributed by atoms with Crippen LogP contribution in [0.4, 0.5) is 13.2 Å². The molecule has 0 aliphatic carbocycles. The molecule has 1 rings (SSSR count). The largest absolute Gasteiger partial charge is 0.434 e. The molecule has 0 aromatic carbocycles. The first kappa shape index (κ1) is 16.1. The summed E-state index contributed by atoms with van der Waals surface area (Å²) in [5.41, 5.74) is 4.32. The first-order chi connectivity index (χ1) is 7.30. The molecule has 0 bridgehead atoms. The van der Waals surface area contributed by atoms with Gasteiger partial charge in [0.2, 0.25) is 5.91 Å². The van der Waals surface area contributed by atoms with Crippen molar-refractivity contribution in [2.75, 3.05) is 0 Å². The lowest BCUT2D eigenvalue weighted by molar-refractivity contribution is -0.140. The number of hydrogen-bond donors (Lipinski definition) is 2. The first-order valence-corrected chi connectivity index (χ1v) is 5.23. The number of nitrogens with two attached hydrogens (primary N) is 1. The fourth-order valence-corrected chi connectivity index (χ4v) is 1.59. The van der Waals surface area contributed by atoms with Crippen LogP contribution in [0.25, 0.3) is 0 Å². The van der Waals surface area contributed by atoms with Crippen molar-refractivity contribution in [2.24, 2.45) is 5.73 Å². The second kappa shape index (κ2) is 6.18. The van der Waals surface area contributed by atoms with Gasteiger partial charge in [-0.1, -0.05) is 0 Å². The van der Waals surface area contributed by atoms with Crippen LogP contribution in [0.3, 0.4) is 0 Å². The minimum atomic E-state index is -4.44. The van der Waals surface area contributed by atoms with Gasteiger partial charge in [-0.2, -0.15) is 13.2 Å². The molecule has 0 radical (unpaired) electrons. The second-order valence-electron chi connectivity index (χ2n) is 3.13. The maximum atomic E-state index is 12.2. The number of nitrogens with one attached hydrogen (secondary N) is 1. The monoisotopic (exact) mass is 289 g/mol. The lowest BCUT2D eigenvalue weighted by atomic mass is 10.3. The predicted octanol–water partition coefficient (Wildman–Crippen LogP) is 1.55. The minimum absolute atomic E-state index is 0. The average molecular weight is 290 g/mol. The summed E-state index contributed by atoms with van der Waals surface area (Å²) in [5, 5.41) is 3.49. The molecule has 0 spiro atoms. The van der Waals surface area contributed by atoms with Gasteiger partial charge in [-0.25, -0.2) is 4.98 Å². The molecule has 17 heavy (non-hydrogen) atoms. The van der Waals surface area contributed by atoms with E-state index in [9.17, 15) is 18.0 Å². The SMILES string of the molecule is C[C@@H](N)C(=O)NCc1nc(C(F)(F)F)cs1.Cl. The second-order valence-corrected chi connectivity index (χ2v) is 4.07. The molecule has 0 unspecified atom stereocenters. The quantitative estimate of drug-likeness (QED) is 0.887. The Kier molecular flexibility index (Phi) is 5.86. The van der Waals surface area contributed by atoms with E-state index in [1.165, 1.54) is 6.92 Å². The Bertz CT molecular complexity index is 380. The standard InChI is InChI=1S/C8H10F3N3OS.ClH/c1-4(12)7(15)13-2-6-14-5(3-16-6)8(9,10)11;/h3-4H,2,12H2,1H3,(H,13,15);1H/t4-;/m1./s1. The Hall–Kier alpha value is -0.860. The van der Waals surface area contributed by atoms with E-state index in [1.54, 1.807) is 0 Å². The molecule has 9 heteroatoms. The summed E-state index contributed by atoms with van der Waals surface area (Å²) < 4.78 is 36.5. The van der Waals surface area contributed by atoms with E-state index < -0.39 is 23.8 Å².